The summed E-state index contributed by atoms with van der Waals surface area (Å²) in [5.74, 6) is 1.23. The molecule has 1 aliphatic heterocycles. The Kier molecular flexibility index (Phi) is 4.96. The zero-order chi connectivity index (χ0) is 18.6. The van der Waals surface area contributed by atoms with Gasteiger partial charge in [0.05, 0.1) is 30.2 Å². The Morgan fingerprint density at radius 3 is 2.70 bits per heavy atom. The molecule has 1 aliphatic rings. The smallest absolute Gasteiger partial charge is 0.321 e. The maximum atomic E-state index is 12.6. The first-order chi connectivity index (χ1) is 13.2. The summed E-state index contributed by atoms with van der Waals surface area (Å²) in [5.41, 5.74) is 2.91. The number of fused-ring (bicyclic) bond motifs is 1. The normalized spacial score (nSPS) is 15.1. The lowest BCUT2D eigenvalue weighted by Crippen LogP contribution is -2.41. The Balaban J connectivity index is 1.34. The van der Waals surface area contributed by atoms with Crippen molar-refractivity contribution in [3.63, 3.8) is 0 Å². The third kappa shape index (κ3) is 3.74. The minimum Gasteiger partial charge on any atom is -0.495 e. The highest BCUT2D eigenvalue weighted by atomic mass is 16.5. The first-order valence-electron chi connectivity index (χ1n) is 9.33. The molecule has 1 saturated heterocycles. The molecule has 140 valence electrons. The van der Waals surface area contributed by atoms with Gasteiger partial charge in [0, 0.05) is 19.6 Å². The van der Waals surface area contributed by atoms with Crippen molar-refractivity contribution in [3.8, 4) is 5.75 Å². The van der Waals surface area contributed by atoms with Crippen LogP contribution in [0.4, 0.5) is 10.5 Å². The molecule has 0 spiro atoms. The molecule has 3 aromatic rings. The number of hydrogen-bond donors (Lipinski definition) is 1. The molecule has 0 radical (unpaired) electrons. The van der Waals surface area contributed by atoms with Crippen LogP contribution < -0.4 is 10.1 Å². The number of amides is 2. The van der Waals surface area contributed by atoms with Gasteiger partial charge in [-0.2, -0.15) is 0 Å². The summed E-state index contributed by atoms with van der Waals surface area (Å²) in [6, 6.07) is 15.6. The number of carbonyl (C=O) groups excluding carboxylic acids is 1. The van der Waals surface area contributed by atoms with Crippen molar-refractivity contribution in [1.29, 1.82) is 0 Å². The summed E-state index contributed by atoms with van der Waals surface area (Å²) in [5, 5.41) is 2.96. The molecule has 1 N–H and O–H groups in total. The highest BCUT2D eigenvalue weighted by molar-refractivity contribution is 5.91. The van der Waals surface area contributed by atoms with E-state index in [0.717, 1.165) is 38.0 Å². The standard InChI is InChI=1S/C21H24N4O2/c1-27-20-9-5-3-7-18(20)23-21(26)24-12-10-16(11-13-24)14-25-15-22-17-6-2-4-8-19(17)25/h2-9,15-16H,10-14H2,1H3,(H,23,26). The number of anilines is 1. The van der Waals surface area contributed by atoms with E-state index in [1.807, 2.05) is 53.7 Å². The number of ether oxygens (including phenoxy) is 1. The fraction of sp³-hybridized carbons (Fsp3) is 0.333. The number of para-hydroxylation sites is 4. The number of likely N-dealkylation sites (tertiary alicyclic amines) is 1. The molecule has 0 bridgehead atoms. The zero-order valence-electron chi connectivity index (χ0n) is 15.5. The van der Waals surface area contributed by atoms with Crippen LogP contribution in [0.25, 0.3) is 11.0 Å². The minimum absolute atomic E-state index is 0.0639. The van der Waals surface area contributed by atoms with Gasteiger partial charge >= 0.3 is 6.03 Å². The summed E-state index contributed by atoms with van der Waals surface area (Å²) in [6.45, 7) is 2.47. The average Bonchev–Trinajstić information content (AvgIpc) is 3.12. The van der Waals surface area contributed by atoms with Crippen LogP contribution in [0.3, 0.4) is 0 Å². The van der Waals surface area contributed by atoms with Gasteiger partial charge in [0.15, 0.2) is 0 Å². The Hall–Kier alpha value is -3.02. The van der Waals surface area contributed by atoms with E-state index in [2.05, 4.69) is 20.9 Å². The quantitative estimate of drug-likeness (QED) is 0.761. The van der Waals surface area contributed by atoms with Crippen LogP contribution in [0, 0.1) is 5.92 Å². The monoisotopic (exact) mass is 364 g/mol. The van der Waals surface area contributed by atoms with Gasteiger partial charge in [-0.3, -0.25) is 0 Å². The number of nitrogens with one attached hydrogen (secondary N) is 1. The molecular formula is C21H24N4O2. The van der Waals surface area contributed by atoms with Crippen molar-refractivity contribution in [2.45, 2.75) is 19.4 Å². The molecule has 2 heterocycles. The first kappa shape index (κ1) is 17.4. The number of benzene rings is 2. The fourth-order valence-corrected chi connectivity index (χ4v) is 3.69. The van der Waals surface area contributed by atoms with E-state index in [9.17, 15) is 4.79 Å². The maximum absolute atomic E-state index is 12.6. The summed E-state index contributed by atoms with van der Waals surface area (Å²) >= 11 is 0. The molecule has 6 nitrogen and oxygen atoms in total. The maximum Gasteiger partial charge on any atom is 0.321 e. The Morgan fingerprint density at radius 1 is 1.15 bits per heavy atom. The molecule has 0 aliphatic carbocycles. The number of rotatable bonds is 4. The van der Waals surface area contributed by atoms with Gasteiger partial charge in [-0.1, -0.05) is 24.3 Å². The molecule has 1 fully saturated rings. The van der Waals surface area contributed by atoms with Crippen LogP contribution in [0.15, 0.2) is 54.9 Å². The molecule has 1 aromatic heterocycles. The number of piperidine rings is 1. The second kappa shape index (κ2) is 7.70. The van der Waals surface area contributed by atoms with Crippen molar-refractivity contribution in [3.05, 3.63) is 54.9 Å². The van der Waals surface area contributed by atoms with E-state index in [4.69, 9.17) is 4.74 Å². The Labute approximate surface area is 158 Å². The largest absolute Gasteiger partial charge is 0.495 e. The number of methoxy groups -OCH3 is 1. The highest BCUT2D eigenvalue weighted by Gasteiger charge is 2.24. The van der Waals surface area contributed by atoms with Crippen molar-refractivity contribution in [1.82, 2.24) is 14.5 Å². The fourth-order valence-electron chi connectivity index (χ4n) is 3.69. The lowest BCUT2D eigenvalue weighted by Gasteiger charge is -2.32. The van der Waals surface area contributed by atoms with E-state index in [1.165, 1.54) is 5.52 Å². The van der Waals surface area contributed by atoms with E-state index < -0.39 is 0 Å². The number of aromatic nitrogens is 2. The molecule has 0 unspecified atom stereocenters. The van der Waals surface area contributed by atoms with Crippen LogP contribution in [0.1, 0.15) is 12.8 Å². The number of urea groups is 1. The minimum atomic E-state index is -0.0639. The number of imidazole rings is 1. The van der Waals surface area contributed by atoms with E-state index in [-0.39, 0.29) is 6.03 Å². The second-order valence-electron chi connectivity index (χ2n) is 6.95. The van der Waals surface area contributed by atoms with Crippen molar-refractivity contribution in [2.24, 2.45) is 5.92 Å². The van der Waals surface area contributed by atoms with Crippen LogP contribution >= 0.6 is 0 Å². The number of carbonyl (C=O) groups is 1. The Morgan fingerprint density at radius 2 is 1.89 bits per heavy atom. The van der Waals surface area contributed by atoms with Gasteiger partial charge in [-0.25, -0.2) is 9.78 Å². The SMILES string of the molecule is COc1ccccc1NC(=O)N1CCC(Cn2cnc3ccccc32)CC1. The summed E-state index contributed by atoms with van der Waals surface area (Å²) in [4.78, 5) is 18.9. The van der Waals surface area contributed by atoms with E-state index in [1.54, 1.807) is 7.11 Å². The summed E-state index contributed by atoms with van der Waals surface area (Å²) < 4.78 is 7.53. The van der Waals surface area contributed by atoms with Crippen molar-refractivity contribution >= 4 is 22.8 Å². The first-order valence-corrected chi connectivity index (χ1v) is 9.33. The molecule has 27 heavy (non-hydrogen) atoms. The van der Waals surface area contributed by atoms with E-state index >= 15 is 0 Å². The van der Waals surface area contributed by atoms with Gasteiger partial charge in [0.25, 0.3) is 0 Å². The van der Waals surface area contributed by atoms with Crippen molar-refractivity contribution in [2.75, 3.05) is 25.5 Å². The molecule has 0 atom stereocenters. The van der Waals surface area contributed by atoms with Crippen molar-refractivity contribution < 1.29 is 9.53 Å². The highest BCUT2D eigenvalue weighted by Crippen LogP contribution is 2.25. The molecule has 2 amide bonds. The van der Waals surface area contributed by atoms with Gasteiger partial charge in [0.2, 0.25) is 0 Å². The lowest BCUT2D eigenvalue weighted by molar-refractivity contribution is 0.177. The average molecular weight is 364 g/mol. The van der Waals surface area contributed by atoms with Crippen LogP contribution in [0.5, 0.6) is 5.75 Å². The lowest BCUT2D eigenvalue weighted by atomic mass is 9.97. The summed E-state index contributed by atoms with van der Waals surface area (Å²) in [7, 11) is 1.61. The van der Waals surface area contributed by atoms with E-state index in [0.29, 0.717) is 17.4 Å². The van der Waals surface area contributed by atoms with Gasteiger partial charge in [-0.05, 0) is 43.0 Å². The third-order valence-corrected chi connectivity index (χ3v) is 5.23. The van der Waals surface area contributed by atoms with Crippen LogP contribution in [-0.4, -0.2) is 40.7 Å². The molecule has 6 heteroatoms. The number of hydrogen-bond acceptors (Lipinski definition) is 3. The van der Waals surface area contributed by atoms with Gasteiger partial charge in [0.1, 0.15) is 5.75 Å². The predicted octanol–water partition coefficient (Wildman–Crippen LogP) is 3.99. The zero-order valence-corrected chi connectivity index (χ0v) is 15.5. The topological polar surface area (TPSA) is 59.4 Å². The molecule has 2 aromatic carbocycles. The van der Waals surface area contributed by atoms with Gasteiger partial charge in [-0.15, -0.1) is 0 Å². The molecule has 0 saturated carbocycles. The van der Waals surface area contributed by atoms with Crippen LogP contribution in [0.2, 0.25) is 0 Å². The summed E-state index contributed by atoms with van der Waals surface area (Å²) in [6.07, 6.45) is 3.91. The second-order valence-corrected chi connectivity index (χ2v) is 6.95. The predicted molar refractivity (Wildman–Crippen MR) is 106 cm³/mol. The molecule has 4 rings (SSSR count). The number of nitrogens with zero attached hydrogens (tertiary/aromatic N) is 3. The molecular weight excluding hydrogens is 340 g/mol. The third-order valence-electron chi connectivity index (χ3n) is 5.23. The van der Waals surface area contributed by atoms with Gasteiger partial charge < -0.3 is 19.5 Å². The Bertz CT molecular complexity index is 929. The van der Waals surface area contributed by atoms with Crippen LogP contribution in [-0.2, 0) is 6.54 Å².